The highest BCUT2D eigenvalue weighted by Gasteiger charge is 2.53. The van der Waals surface area contributed by atoms with Gasteiger partial charge in [-0.2, -0.15) is 0 Å². The van der Waals surface area contributed by atoms with Crippen LogP contribution in [0.4, 0.5) is 0 Å². The molecule has 7 nitrogen and oxygen atoms in total. The van der Waals surface area contributed by atoms with E-state index in [2.05, 4.69) is 15.9 Å². The molecule has 1 amide bonds. The van der Waals surface area contributed by atoms with E-state index < -0.39 is 17.5 Å². The van der Waals surface area contributed by atoms with Crippen LogP contribution in [-0.2, 0) is 21.5 Å². The minimum Gasteiger partial charge on any atom is -0.493 e. The molecule has 0 fully saturated rings. The first kappa shape index (κ1) is 19.3. The largest absolute Gasteiger partial charge is 0.493 e. The minimum atomic E-state index is -0.980. The van der Waals surface area contributed by atoms with Crippen molar-refractivity contribution in [1.29, 1.82) is 0 Å². The standard InChI is InChI=1S/C20H22BrNO6/c1-27-14-9-13(21)12-10-22(16(24)2-3-17(25)26)7-6-20-5-4-11(23)8-15(20)28-19(14)18(12)20/h4-5,9,11,15,23H,2-3,6-8,10H2,1H3,(H,25,26)/t11-,15-,20-/m1/s1. The molecule has 0 saturated carbocycles. The molecule has 2 aliphatic heterocycles. The van der Waals surface area contributed by atoms with Crippen LogP contribution in [0, 0.1) is 0 Å². The van der Waals surface area contributed by atoms with Crippen LogP contribution in [-0.4, -0.2) is 52.9 Å². The minimum absolute atomic E-state index is 0.0211. The van der Waals surface area contributed by atoms with Gasteiger partial charge in [0, 0.05) is 36.0 Å². The molecule has 3 aliphatic rings. The third kappa shape index (κ3) is 2.99. The van der Waals surface area contributed by atoms with Gasteiger partial charge in [0.25, 0.3) is 0 Å². The summed E-state index contributed by atoms with van der Waals surface area (Å²) in [4.78, 5) is 25.2. The molecule has 0 unspecified atom stereocenters. The van der Waals surface area contributed by atoms with Crippen LogP contribution in [0.2, 0.25) is 0 Å². The molecular formula is C20H22BrNO6. The van der Waals surface area contributed by atoms with Gasteiger partial charge in [0.2, 0.25) is 5.91 Å². The normalized spacial score (nSPS) is 27.5. The highest BCUT2D eigenvalue weighted by Crippen LogP contribution is 2.57. The Labute approximate surface area is 171 Å². The summed E-state index contributed by atoms with van der Waals surface area (Å²) >= 11 is 3.62. The number of carbonyl (C=O) groups is 2. The fraction of sp³-hybridized carbons (Fsp3) is 0.500. The Morgan fingerprint density at radius 2 is 2.21 bits per heavy atom. The van der Waals surface area contributed by atoms with Crippen molar-refractivity contribution in [2.75, 3.05) is 13.7 Å². The van der Waals surface area contributed by atoms with Gasteiger partial charge in [-0.25, -0.2) is 0 Å². The number of hydrogen-bond acceptors (Lipinski definition) is 5. The molecule has 1 aromatic carbocycles. The molecule has 28 heavy (non-hydrogen) atoms. The summed E-state index contributed by atoms with van der Waals surface area (Å²) < 4.78 is 12.6. The number of ether oxygens (including phenoxy) is 2. The maximum atomic E-state index is 12.7. The number of methoxy groups -OCH3 is 1. The first-order valence-corrected chi connectivity index (χ1v) is 10.1. The maximum absolute atomic E-state index is 12.7. The SMILES string of the molecule is COc1cc(Br)c2c3c1O[C@@H]1C[C@H](O)C=C[C@]31CCN(C(=O)CCC(=O)O)C2. The summed E-state index contributed by atoms with van der Waals surface area (Å²) in [6.07, 6.45) is 3.91. The molecule has 0 radical (unpaired) electrons. The summed E-state index contributed by atoms with van der Waals surface area (Å²) in [5.74, 6) is 0.136. The van der Waals surface area contributed by atoms with Gasteiger partial charge in [0.15, 0.2) is 11.5 Å². The lowest BCUT2D eigenvalue weighted by Crippen LogP contribution is -2.43. The Morgan fingerprint density at radius 1 is 1.43 bits per heavy atom. The van der Waals surface area contributed by atoms with Crippen molar-refractivity contribution < 1.29 is 29.3 Å². The van der Waals surface area contributed by atoms with Gasteiger partial charge in [0.05, 0.1) is 25.0 Å². The van der Waals surface area contributed by atoms with E-state index in [1.54, 1.807) is 18.1 Å². The number of aliphatic hydroxyl groups is 1. The van der Waals surface area contributed by atoms with E-state index >= 15 is 0 Å². The first-order valence-electron chi connectivity index (χ1n) is 9.29. The number of carboxylic acid groups (broad SMARTS) is 1. The molecule has 0 saturated heterocycles. The van der Waals surface area contributed by atoms with Crippen LogP contribution >= 0.6 is 15.9 Å². The molecular weight excluding hydrogens is 430 g/mol. The zero-order chi connectivity index (χ0) is 20.1. The summed E-state index contributed by atoms with van der Waals surface area (Å²) in [5.41, 5.74) is 1.50. The molecule has 1 spiro atoms. The van der Waals surface area contributed by atoms with E-state index in [0.717, 1.165) is 15.6 Å². The molecule has 3 atom stereocenters. The number of rotatable bonds is 4. The molecule has 2 heterocycles. The lowest BCUT2D eigenvalue weighted by Gasteiger charge is -2.35. The van der Waals surface area contributed by atoms with Gasteiger partial charge in [-0.05, 0) is 18.1 Å². The third-order valence-corrected chi connectivity index (χ3v) is 6.65. The van der Waals surface area contributed by atoms with Gasteiger partial charge in [-0.15, -0.1) is 0 Å². The highest BCUT2D eigenvalue weighted by molar-refractivity contribution is 9.10. The van der Waals surface area contributed by atoms with Crippen molar-refractivity contribution in [1.82, 2.24) is 4.90 Å². The summed E-state index contributed by atoms with van der Waals surface area (Å²) in [6.45, 7) is 0.862. The van der Waals surface area contributed by atoms with Gasteiger partial charge in [0.1, 0.15) is 6.10 Å². The first-order chi connectivity index (χ1) is 13.4. The quantitative estimate of drug-likeness (QED) is 0.682. The number of nitrogens with zero attached hydrogens (tertiary/aromatic N) is 1. The molecule has 1 aromatic rings. The Bertz CT molecular complexity index is 869. The van der Waals surface area contributed by atoms with Crippen LogP contribution in [0.5, 0.6) is 11.5 Å². The Morgan fingerprint density at radius 3 is 2.93 bits per heavy atom. The number of aliphatic carboxylic acids is 1. The van der Waals surface area contributed by atoms with Crippen molar-refractivity contribution in [3.8, 4) is 11.5 Å². The number of hydrogen-bond donors (Lipinski definition) is 2. The topological polar surface area (TPSA) is 96.3 Å². The molecule has 2 N–H and O–H groups in total. The predicted octanol–water partition coefficient (Wildman–Crippen LogP) is 2.37. The fourth-order valence-corrected chi connectivity index (χ4v) is 5.08. The van der Waals surface area contributed by atoms with Crippen LogP contribution in [0.15, 0.2) is 22.7 Å². The smallest absolute Gasteiger partial charge is 0.303 e. The number of halogens is 1. The molecule has 1 aliphatic carbocycles. The van der Waals surface area contributed by atoms with E-state index in [4.69, 9.17) is 14.6 Å². The van der Waals surface area contributed by atoms with Gasteiger partial charge >= 0.3 is 5.97 Å². The van der Waals surface area contributed by atoms with Crippen LogP contribution in [0.25, 0.3) is 0 Å². The highest BCUT2D eigenvalue weighted by atomic mass is 79.9. The monoisotopic (exact) mass is 451 g/mol. The van der Waals surface area contributed by atoms with E-state index in [1.807, 2.05) is 12.1 Å². The number of aliphatic hydroxyl groups excluding tert-OH is 1. The zero-order valence-corrected chi connectivity index (χ0v) is 17.1. The average molecular weight is 452 g/mol. The molecule has 150 valence electrons. The second-order valence-electron chi connectivity index (χ2n) is 7.51. The Hall–Kier alpha value is -2.06. The van der Waals surface area contributed by atoms with Crippen molar-refractivity contribution in [3.05, 3.63) is 33.8 Å². The Kier molecular flexibility index (Phi) is 4.87. The van der Waals surface area contributed by atoms with E-state index in [9.17, 15) is 14.7 Å². The number of carbonyl (C=O) groups excluding carboxylic acids is 1. The average Bonchev–Trinajstić information content (AvgIpc) is 2.87. The summed E-state index contributed by atoms with van der Waals surface area (Å²) in [7, 11) is 1.59. The van der Waals surface area contributed by atoms with Crippen LogP contribution in [0.3, 0.4) is 0 Å². The van der Waals surface area contributed by atoms with Crippen LogP contribution in [0.1, 0.15) is 36.8 Å². The fourth-order valence-electron chi connectivity index (χ4n) is 4.55. The van der Waals surface area contributed by atoms with Crippen molar-refractivity contribution in [2.45, 2.75) is 49.9 Å². The van der Waals surface area contributed by atoms with Gasteiger partial charge in [-0.1, -0.05) is 28.1 Å². The zero-order valence-electron chi connectivity index (χ0n) is 15.5. The van der Waals surface area contributed by atoms with Crippen molar-refractivity contribution >= 4 is 27.8 Å². The number of amides is 1. The van der Waals surface area contributed by atoms with Gasteiger partial charge < -0.3 is 24.6 Å². The molecule has 8 heteroatoms. The van der Waals surface area contributed by atoms with E-state index in [-0.39, 0.29) is 24.9 Å². The second-order valence-corrected chi connectivity index (χ2v) is 8.37. The maximum Gasteiger partial charge on any atom is 0.303 e. The lowest BCUT2D eigenvalue weighted by molar-refractivity contribution is -0.141. The lowest BCUT2D eigenvalue weighted by atomic mass is 9.69. The van der Waals surface area contributed by atoms with Crippen molar-refractivity contribution in [2.24, 2.45) is 0 Å². The van der Waals surface area contributed by atoms with Crippen molar-refractivity contribution in [3.63, 3.8) is 0 Å². The molecule has 0 bridgehead atoms. The van der Waals surface area contributed by atoms with E-state index in [0.29, 0.717) is 37.4 Å². The van der Waals surface area contributed by atoms with Gasteiger partial charge in [-0.3, -0.25) is 9.59 Å². The van der Waals surface area contributed by atoms with E-state index in [1.165, 1.54) is 0 Å². The Balaban J connectivity index is 1.79. The second kappa shape index (κ2) is 7.08. The molecule has 4 rings (SSSR count). The number of carboxylic acids is 1. The third-order valence-electron chi connectivity index (χ3n) is 5.94. The van der Waals surface area contributed by atoms with Crippen LogP contribution < -0.4 is 9.47 Å². The summed E-state index contributed by atoms with van der Waals surface area (Å²) in [6, 6.07) is 1.84. The predicted molar refractivity (Wildman–Crippen MR) is 103 cm³/mol. The molecule has 0 aromatic heterocycles. The number of benzene rings is 1. The summed E-state index contributed by atoms with van der Waals surface area (Å²) in [5, 5.41) is 19.0.